The maximum atomic E-state index is 13.2. The van der Waals surface area contributed by atoms with Crippen LogP contribution in [0.25, 0.3) is 11.3 Å². The normalized spacial score (nSPS) is 24.6. The van der Waals surface area contributed by atoms with Gasteiger partial charge in [-0.25, -0.2) is 13.4 Å². The van der Waals surface area contributed by atoms with Crippen LogP contribution in [0.15, 0.2) is 48.5 Å². The zero-order valence-electron chi connectivity index (χ0n) is 15.3. The molecule has 0 radical (unpaired) electrons. The van der Waals surface area contributed by atoms with Crippen molar-refractivity contribution in [2.45, 2.75) is 19.0 Å². The van der Waals surface area contributed by atoms with Gasteiger partial charge in [-0.15, -0.1) is 0 Å². The predicted octanol–water partition coefficient (Wildman–Crippen LogP) is 1.69. The molecule has 2 fully saturated rings. The molecule has 0 N–H and O–H groups in total. The first-order valence-electron chi connectivity index (χ1n) is 9.26. The molecule has 0 spiro atoms. The fraction of sp³-hybridized carbons (Fsp3) is 0.400. The molecular formula is C20H23N3O3S. The number of pyridine rings is 1. The number of sulfone groups is 1. The second-order valence-electron chi connectivity index (χ2n) is 7.11. The first-order chi connectivity index (χ1) is 13.0. The molecule has 2 saturated heterocycles. The molecule has 0 saturated carbocycles. The molecule has 7 heteroatoms. The summed E-state index contributed by atoms with van der Waals surface area (Å²) in [6.45, 7) is 4.04. The number of carbonyl (C=O) groups excluding carboxylic acids is 1. The Labute approximate surface area is 159 Å². The number of nitrogens with zero attached hydrogens (tertiary/aromatic N) is 3. The maximum Gasteiger partial charge on any atom is 0.272 e. The summed E-state index contributed by atoms with van der Waals surface area (Å²) in [6, 6.07) is 14.7. The highest BCUT2D eigenvalue weighted by Crippen LogP contribution is 2.28. The Morgan fingerprint density at radius 2 is 1.78 bits per heavy atom. The second kappa shape index (κ2) is 7.05. The smallest absolute Gasteiger partial charge is 0.272 e. The third-order valence-corrected chi connectivity index (χ3v) is 7.19. The quantitative estimate of drug-likeness (QED) is 0.804. The minimum absolute atomic E-state index is 0.0400. The van der Waals surface area contributed by atoms with Crippen LogP contribution in [-0.4, -0.2) is 72.3 Å². The summed E-state index contributed by atoms with van der Waals surface area (Å²) in [4.78, 5) is 21.6. The van der Waals surface area contributed by atoms with Crippen LogP contribution in [0.4, 0.5) is 0 Å². The van der Waals surface area contributed by atoms with Crippen LogP contribution in [0.2, 0.25) is 0 Å². The zero-order valence-corrected chi connectivity index (χ0v) is 16.1. The third-order valence-electron chi connectivity index (χ3n) is 5.50. The Balaban J connectivity index is 1.63. The molecule has 4 rings (SSSR count). The van der Waals surface area contributed by atoms with Gasteiger partial charge in [-0.2, -0.15) is 0 Å². The van der Waals surface area contributed by atoms with Crippen LogP contribution < -0.4 is 0 Å². The lowest BCUT2D eigenvalue weighted by atomic mass is 10.0. The SMILES string of the molecule is CCN1CCN(C(=O)c2cccc(-c3ccccc3)n2)[C@@H]2CS(=O)(=O)C[C@@H]21. The fourth-order valence-corrected chi connectivity index (χ4v) is 6.15. The summed E-state index contributed by atoms with van der Waals surface area (Å²) >= 11 is 0. The molecule has 2 aromatic rings. The Kier molecular flexibility index (Phi) is 4.74. The van der Waals surface area contributed by atoms with E-state index in [0.717, 1.165) is 17.8 Å². The average Bonchev–Trinajstić information content (AvgIpc) is 3.02. The van der Waals surface area contributed by atoms with Crippen molar-refractivity contribution in [1.29, 1.82) is 0 Å². The van der Waals surface area contributed by atoms with E-state index in [9.17, 15) is 13.2 Å². The van der Waals surface area contributed by atoms with Gasteiger partial charge in [0.1, 0.15) is 5.69 Å². The Morgan fingerprint density at radius 1 is 1.04 bits per heavy atom. The van der Waals surface area contributed by atoms with E-state index in [1.807, 2.05) is 49.4 Å². The largest absolute Gasteiger partial charge is 0.330 e. The van der Waals surface area contributed by atoms with Crippen molar-refractivity contribution < 1.29 is 13.2 Å². The van der Waals surface area contributed by atoms with Gasteiger partial charge < -0.3 is 4.90 Å². The fourth-order valence-electron chi connectivity index (χ4n) is 4.14. The molecule has 0 aliphatic carbocycles. The first kappa shape index (κ1) is 18.1. The van der Waals surface area contributed by atoms with Crippen molar-refractivity contribution in [3.63, 3.8) is 0 Å². The number of rotatable bonds is 3. The number of aromatic nitrogens is 1. The van der Waals surface area contributed by atoms with Crippen molar-refractivity contribution in [1.82, 2.24) is 14.8 Å². The molecule has 2 aliphatic rings. The van der Waals surface area contributed by atoms with Crippen LogP contribution in [0.1, 0.15) is 17.4 Å². The standard InChI is InChI=1S/C20H23N3O3S/c1-2-22-11-12-23(19-14-27(25,26)13-18(19)22)20(24)17-10-6-9-16(21-17)15-7-4-3-5-8-15/h3-10,18-19H,2,11-14H2,1H3/t18-,19+/m0/s1. The van der Waals surface area contributed by atoms with Crippen LogP contribution in [-0.2, 0) is 9.84 Å². The lowest BCUT2D eigenvalue weighted by molar-refractivity contribution is 0.0345. The minimum atomic E-state index is -3.13. The van der Waals surface area contributed by atoms with E-state index in [0.29, 0.717) is 18.8 Å². The number of likely N-dealkylation sites (N-methyl/N-ethyl adjacent to an activating group) is 1. The summed E-state index contributed by atoms with van der Waals surface area (Å²) in [7, 11) is -3.13. The van der Waals surface area contributed by atoms with Crippen LogP contribution in [0, 0.1) is 0 Å². The van der Waals surface area contributed by atoms with E-state index in [1.165, 1.54) is 0 Å². The van der Waals surface area contributed by atoms with Crippen molar-refractivity contribution in [2.75, 3.05) is 31.1 Å². The van der Waals surface area contributed by atoms with Gasteiger partial charge in [0.25, 0.3) is 5.91 Å². The predicted molar refractivity (Wildman–Crippen MR) is 104 cm³/mol. The van der Waals surface area contributed by atoms with E-state index in [-0.39, 0.29) is 29.5 Å². The zero-order chi connectivity index (χ0) is 19.0. The van der Waals surface area contributed by atoms with E-state index in [2.05, 4.69) is 9.88 Å². The van der Waals surface area contributed by atoms with Crippen LogP contribution in [0.5, 0.6) is 0 Å². The molecule has 142 valence electrons. The number of benzene rings is 1. The lowest BCUT2D eigenvalue weighted by Crippen LogP contribution is -2.60. The minimum Gasteiger partial charge on any atom is -0.330 e. The third kappa shape index (κ3) is 3.49. The van der Waals surface area contributed by atoms with E-state index in [1.54, 1.807) is 11.0 Å². The monoisotopic (exact) mass is 385 g/mol. The van der Waals surface area contributed by atoms with Gasteiger partial charge in [0.15, 0.2) is 9.84 Å². The van der Waals surface area contributed by atoms with E-state index >= 15 is 0 Å². The van der Waals surface area contributed by atoms with Gasteiger partial charge in [0.05, 0.1) is 23.2 Å². The summed E-state index contributed by atoms with van der Waals surface area (Å²) < 4.78 is 24.4. The molecule has 1 aromatic heterocycles. The maximum absolute atomic E-state index is 13.2. The Hall–Kier alpha value is -2.25. The number of piperazine rings is 1. The molecule has 6 nitrogen and oxygen atoms in total. The highest BCUT2D eigenvalue weighted by molar-refractivity contribution is 7.91. The van der Waals surface area contributed by atoms with Gasteiger partial charge in [-0.05, 0) is 18.7 Å². The molecule has 0 bridgehead atoms. The average molecular weight is 385 g/mol. The highest BCUT2D eigenvalue weighted by Gasteiger charge is 2.47. The van der Waals surface area contributed by atoms with E-state index < -0.39 is 9.84 Å². The summed E-state index contributed by atoms with van der Waals surface area (Å²) in [5.74, 6) is -0.0129. The summed E-state index contributed by atoms with van der Waals surface area (Å²) in [5.41, 5.74) is 2.05. The Bertz CT molecular complexity index is 946. The molecular weight excluding hydrogens is 362 g/mol. The number of hydrogen-bond acceptors (Lipinski definition) is 5. The number of amides is 1. The van der Waals surface area contributed by atoms with Crippen LogP contribution >= 0.6 is 0 Å². The van der Waals surface area contributed by atoms with E-state index in [4.69, 9.17) is 0 Å². The molecule has 3 heterocycles. The lowest BCUT2D eigenvalue weighted by Gasteiger charge is -2.43. The van der Waals surface area contributed by atoms with Crippen LogP contribution in [0.3, 0.4) is 0 Å². The molecule has 0 unspecified atom stereocenters. The van der Waals surface area contributed by atoms with Crippen molar-refractivity contribution >= 4 is 15.7 Å². The molecule has 27 heavy (non-hydrogen) atoms. The molecule has 1 aromatic carbocycles. The van der Waals surface area contributed by atoms with Gasteiger partial charge in [-0.1, -0.05) is 43.3 Å². The van der Waals surface area contributed by atoms with Gasteiger partial charge in [-0.3, -0.25) is 9.69 Å². The number of hydrogen-bond donors (Lipinski definition) is 0. The molecule has 1 amide bonds. The number of fused-ring (bicyclic) bond motifs is 1. The van der Waals surface area contributed by atoms with Crippen molar-refractivity contribution in [3.05, 3.63) is 54.2 Å². The first-order valence-corrected chi connectivity index (χ1v) is 11.1. The van der Waals surface area contributed by atoms with Crippen molar-refractivity contribution in [2.24, 2.45) is 0 Å². The second-order valence-corrected chi connectivity index (χ2v) is 9.27. The molecule has 2 atom stereocenters. The highest BCUT2D eigenvalue weighted by atomic mass is 32.2. The Morgan fingerprint density at radius 3 is 2.52 bits per heavy atom. The summed E-state index contributed by atoms with van der Waals surface area (Å²) in [6.07, 6.45) is 0. The topological polar surface area (TPSA) is 70.6 Å². The van der Waals surface area contributed by atoms with Gasteiger partial charge >= 0.3 is 0 Å². The van der Waals surface area contributed by atoms with Gasteiger partial charge in [0, 0.05) is 24.7 Å². The van der Waals surface area contributed by atoms with Gasteiger partial charge in [0.2, 0.25) is 0 Å². The number of carbonyl (C=O) groups is 1. The summed E-state index contributed by atoms with van der Waals surface area (Å²) in [5, 5.41) is 0. The van der Waals surface area contributed by atoms with Crippen molar-refractivity contribution in [3.8, 4) is 11.3 Å². The molecule has 2 aliphatic heterocycles.